The van der Waals surface area contributed by atoms with Crippen LogP contribution < -0.4 is 14.8 Å². The first-order chi connectivity index (χ1) is 11.7. The molecule has 6 heteroatoms. The van der Waals surface area contributed by atoms with E-state index < -0.39 is 0 Å². The van der Waals surface area contributed by atoms with E-state index in [0.717, 1.165) is 38.4 Å². The normalized spacial score (nSPS) is 15.4. The number of anilines is 1. The summed E-state index contributed by atoms with van der Waals surface area (Å²) in [6.07, 6.45) is 3.82. The van der Waals surface area contributed by atoms with Gasteiger partial charge >= 0.3 is 5.69 Å². The molecule has 126 valence electrons. The van der Waals surface area contributed by atoms with E-state index in [0.29, 0.717) is 0 Å². The van der Waals surface area contributed by atoms with Crippen LogP contribution in [0.4, 0.5) is 11.5 Å². The van der Waals surface area contributed by atoms with Crippen molar-refractivity contribution in [1.82, 2.24) is 0 Å². The first-order valence-electron chi connectivity index (χ1n) is 8.51. The summed E-state index contributed by atoms with van der Waals surface area (Å²) in [6.45, 7) is 5.38. The minimum absolute atomic E-state index is 0.101. The quantitative estimate of drug-likeness (QED) is 0.628. The maximum atomic E-state index is 10.7. The molecule has 0 unspecified atom stereocenters. The number of H-pyrrole nitrogens is 1. The second-order valence-electron chi connectivity index (χ2n) is 6.27. The summed E-state index contributed by atoms with van der Waals surface area (Å²) < 4.78 is 0. The van der Waals surface area contributed by atoms with E-state index in [-0.39, 0.29) is 10.6 Å². The Morgan fingerprint density at radius 3 is 2.50 bits per heavy atom. The Labute approximate surface area is 141 Å². The smallest absolute Gasteiger partial charge is 0.308 e. The second kappa shape index (κ2) is 7.88. The molecule has 0 saturated carbocycles. The molecule has 1 fully saturated rings. The zero-order chi connectivity index (χ0) is 16.8. The van der Waals surface area contributed by atoms with Gasteiger partial charge in [-0.15, -0.1) is 0 Å². The average molecular weight is 328 g/mol. The van der Waals surface area contributed by atoms with Gasteiger partial charge in [0.05, 0.1) is 11.5 Å². The molecule has 0 spiro atoms. The van der Waals surface area contributed by atoms with Gasteiger partial charge in [-0.2, -0.15) is 0 Å². The molecule has 3 rings (SSSR count). The molecular weight excluding hydrogens is 304 g/mol. The number of aromatic nitrogens is 1. The van der Waals surface area contributed by atoms with Crippen molar-refractivity contribution in [3.63, 3.8) is 0 Å². The van der Waals surface area contributed by atoms with Gasteiger partial charge in [-0.3, -0.25) is 15.0 Å². The van der Waals surface area contributed by atoms with Gasteiger partial charge in [0.1, 0.15) is 26.2 Å². The molecule has 2 heterocycles. The number of quaternary nitrogens is 1. The van der Waals surface area contributed by atoms with Gasteiger partial charge in [0.15, 0.2) is 6.20 Å². The summed E-state index contributed by atoms with van der Waals surface area (Å²) in [5.74, 6) is 0.962. The summed E-state index contributed by atoms with van der Waals surface area (Å²) in [7, 11) is 0. The van der Waals surface area contributed by atoms with Crippen molar-refractivity contribution in [1.29, 1.82) is 0 Å². The lowest BCUT2D eigenvalue weighted by molar-refractivity contribution is -0.900. The topological polar surface area (TPSA) is 65.0 Å². The van der Waals surface area contributed by atoms with E-state index in [1.54, 1.807) is 17.0 Å². The van der Waals surface area contributed by atoms with Gasteiger partial charge in [0, 0.05) is 18.6 Å². The number of benzene rings is 1. The molecule has 1 aromatic carbocycles. The lowest BCUT2D eigenvalue weighted by Crippen LogP contribution is -3.14. The zero-order valence-electron chi connectivity index (χ0n) is 13.8. The van der Waals surface area contributed by atoms with Crippen LogP contribution in [0.15, 0.2) is 48.7 Å². The molecule has 2 N–H and O–H groups in total. The van der Waals surface area contributed by atoms with Gasteiger partial charge in [-0.1, -0.05) is 30.3 Å². The highest BCUT2D eigenvalue weighted by Crippen LogP contribution is 2.12. The molecule has 0 aliphatic carbocycles. The van der Waals surface area contributed by atoms with Crippen LogP contribution in [0.5, 0.6) is 0 Å². The van der Waals surface area contributed by atoms with Crippen molar-refractivity contribution in [2.24, 2.45) is 0 Å². The van der Waals surface area contributed by atoms with Crippen LogP contribution >= 0.6 is 0 Å². The monoisotopic (exact) mass is 328 g/mol. The Balaban J connectivity index is 1.43. The third kappa shape index (κ3) is 4.29. The number of nitrogens with one attached hydrogen (secondary N) is 2. The second-order valence-corrected chi connectivity index (χ2v) is 6.27. The van der Waals surface area contributed by atoms with Crippen molar-refractivity contribution >= 4 is 11.5 Å². The lowest BCUT2D eigenvalue weighted by atomic mass is 10.1. The molecule has 0 amide bonds. The van der Waals surface area contributed by atoms with E-state index in [2.05, 4.69) is 40.2 Å². The molecular formula is C18H24N4O2+2. The molecule has 1 aliphatic rings. The zero-order valence-corrected chi connectivity index (χ0v) is 13.8. The molecule has 0 atom stereocenters. The number of rotatable bonds is 6. The van der Waals surface area contributed by atoms with Crippen molar-refractivity contribution in [2.75, 3.05) is 37.6 Å². The Hall–Kier alpha value is -2.47. The first-order valence-corrected chi connectivity index (χ1v) is 8.51. The fraction of sp³-hybridized carbons (Fsp3) is 0.389. The Morgan fingerprint density at radius 1 is 1.12 bits per heavy atom. The van der Waals surface area contributed by atoms with Crippen molar-refractivity contribution in [2.45, 2.75) is 12.8 Å². The largest absolute Gasteiger partial charge is 0.328 e. The predicted molar refractivity (Wildman–Crippen MR) is 92.2 cm³/mol. The van der Waals surface area contributed by atoms with Crippen LogP contribution in [-0.4, -0.2) is 37.6 Å². The Kier molecular flexibility index (Phi) is 5.38. The van der Waals surface area contributed by atoms with Gasteiger partial charge < -0.3 is 4.90 Å². The highest BCUT2D eigenvalue weighted by Gasteiger charge is 2.26. The number of pyridine rings is 1. The molecule has 1 aliphatic heterocycles. The molecule has 24 heavy (non-hydrogen) atoms. The van der Waals surface area contributed by atoms with Crippen molar-refractivity contribution < 1.29 is 14.8 Å². The van der Waals surface area contributed by atoms with Gasteiger partial charge in [0.2, 0.25) is 0 Å². The summed E-state index contributed by atoms with van der Waals surface area (Å²) in [5.41, 5.74) is 1.51. The number of hydrogen-bond donors (Lipinski definition) is 1. The third-order valence-corrected chi connectivity index (χ3v) is 4.64. The van der Waals surface area contributed by atoms with Crippen LogP contribution in [0, 0.1) is 10.1 Å². The number of aryl methyl sites for hydroxylation is 1. The third-order valence-electron chi connectivity index (χ3n) is 4.64. The van der Waals surface area contributed by atoms with Gasteiger partial charge in [-0.25, -0.2) is 4.98 Å². The minimum atomic E-state index is -0.380. The summed E-state index contributed by atoms with van der Waals surface area (Å²) in [4.78, 5) is 17.3. The summed E-state index contributed by atoms with van der Waals surface area (Å²) in [5, 5.41) is 10.7. The highest BCUT2D eigenvalue weighted by atomic mass is 16.6. The molecule has 1 aromatic heterocycles. The van der Waals surface area contributed by atoms with Crippen LogP contribution in [0.2, 0.25) is 0 Å². The number of piperazine rings is 1. The number of nitro groups is 1. The maximum Gasteiger partial charge on any atom is 0.308 e. The van der Waals surface area contributed by atoms with E-state index in [1.165, 1.54) is 24.7 Å². The summed E-state index contributed by atoms with van der Waals surface area (Å²) in [6, 6.07) is 14.0. The lowest BCUT2D eigenvalue weighted by Gasteiger charge is -2.28. The number of nitrogens with zero attached hydrogens (tertiary/aromatic N) is 2. The van der Waals surface area contributed by atoms with Crippen LogP contribution in [-0.2, 0) is 6.42 Å². The van der Waals surface area contributed by atoms with E-state index >= 15 is 0 Å². The predicted octanol–water partition coefficient (Wildman–Crippen LogP) is 0.747. The molecule has 1 saturated heterocycles. The number of aromatic amines is 1. The number of hydrogen-bond acceptors (Lipinski definition) is 3. The van der Waals surface area contributed by atoms with E-state index in [1.807, 2.05) is 0 Å². The van der Waals surface area contributed by atoms with Gasteiger partial charge in [0.25, 0.3) is 5.82 Å². The molecule has 6 nitrogen and oxygen atoms in total. The fourth-order valence-electron chi connectivity index (χ4n) is 3.22. The van der Waals surface area contributed by atoms with Crippen molar-refractivity contribution in [3.05, 3.63) is 64.3 Å². The maximum absolute atomic E-state index is 10.7. The van der Waals surface area contributed by atoms with Gasteiger partial charge in [-0.05, 0) is 12.0 Å². The van der Waals surface area contributed by atoms with Crippen LogP contribution in [0.25, 0.3) is 0 Å². The molecule has 2 aromatic rings. The Morgan fingerprint density at radius 2 is 1.88 bits per heavy atom. The average Bonchev–Trinajstić information content (AvgIpc) is 2.63. The Bertz CT molecular complexity index is 652. The van der Waals surface area contributed by atoms with Crippen molar-refractivity contribution in [3.8, 4) is 0 Å². The molecule has 0 bridgehead atoms. The van der Waals surface area contributed by atoms with E-state index in [9.17, 15) is 10.1 Å². The molecule has 0 radical (unpaired) electrons. The fourth-order valence-corrected chi connectivity index (χ4v) is 3.22. The first kappa shape index (κ1) is 16.4. The standard InChI is InChI=1S/C18H22N4O2/c23-22(24)17-8-9-18(19-15-17)21-13-11-20(12-14-21)10-4-7-16-5-2-1-3-6-16/h1-3,5-6,8-9,15H,4,7,10-14H2/p+2. The van der Waals surface area contributed by atoms with E-state index in [4.69, 9.17) is 0 Å². The van der Waals surface area contributed by atoms with Crippen LogP contribution in [0.3, 0.4) is 0 Å². The highest BCUT2D eigenvalue weighted by molar-refractivity contribution is 5.37. The summed E-state index contributed by atoms with van der Waals surface area (Å²) >= 11 is 0. The minimum Gasteiger partial charge on any atom is -0.328 e. The van der Waals surface area contributed by atoms with Crippen LogP contribution in [0.1, 0.15) is 12.0 Å². The SMILES string of the molecule is O=[N+]([O-])c1ccc(N2CC[NH+](CCCc3ccccc3)CC2)[nH+]c1.